The molecular weight excluding hydrogens is 220 g/mol. The molecule has 0 atom stereocenters. The first kappa shape index (κ1) is 9.72. The molecule has 6 nitrogen and oxygen atoms in total. The Morgan fingerprint density at radius 3 is 3.07 bits per heavy atom. The number of esters is 1. The van der Waals surface area contributed by atoms with Crippen LogP contribution in [-0.4, -0.2) is 27.4 Å². The quantitative estimate of drug-likeness (QED) is 0.726. The third-order valence-electron chi connectivity index (χ3n) is 1.88. The molecule has 0 saturated heterocycles. The maximum absolute atomic E-state index is 11.3. The topological polar surface area (TPSA) is 82.5 Å². The van der Waals surface area contributed by atoms with Crippen molar-refractivity contribution in [3.63, 3.8) is 0 Å². The van der Waals surface area contributed by atoms with Crippen molar-refractivity contribution in [2.75, 3.05) is 12.8 Å². The molecule has 0 aliphatic rings. The largest absolute Gasteiger partial charge is 0.464 e. The first-order valence-corrected chi connectivity index (χ1v) is 4.38. The van der Waals surface area contributed by atoms with Gasteiger partial charge in [0.15, 0.2) is 17.2 Å². The summed E-state index contributed by atoms with van der Waals surface area (Å²) in [6.45, 7) is 0. The summed E-state index contributed by atoms with van der Waals surface area (Å²) in [6.07, 6.45) is 2.81. The molecule has 0 unspecified atom stereocenters. The average Bonchev–Trinajstić information content (AvgIpc) is 2.60. The van der Waals surface area contributed by atoms with Crippen molar-refractivity contribution >= 4 is 29.0 Å². The summed E-state index contributed by atoms with van der Waals surface area (Å²) in [7, 11) is 1.29. The normalized spacial score (nSPS) is 10.5. The highest BCUT2D eigenvalue weighted by molar-refractivity contribution is 6.29. The molecule has 2 N–H and O–H groups in total. The smallest absolute Gasteiger partial charge is 0.356 e. The standard InChI is InChI=1S/C8H7ClN4O2/c1-15-8(14)4-2-11-7-6(10)12-5(9)3-13(4)7/h2-3H,1H3,(H2,10,12). The highest BCUT2D eigenvalue weighted by Crippen LogP contribution is 2.16. The van der Waals surface area contributed by atoms with Gasteiger partial charge in [-0.2, -0.15) is 0 Å². The van der Waals surface area contributed by atoms with Crippen molar-refractivity contribution in [1.29, 1.82) is 0 Å². The lowest BCUT2D eigenvalue weighted by Gasteiger charge is -2.01. The van der Waals surface area contributed by atoms with Crippen molar-refractivity contribution in [3.05, 3.63) is 23.2 Å². The van der Waals surface area contributed by atoms with Crippen molar-refractivity contribution in [3.8, 4) is 0 Å². The maximum atomic E-state index is 11.3. The Bertz CT molecular complexity index is 537. The fourth-order valence-corrected chi connectivity index (χ4v) is 1.43. The monoisotopic (exact) mass is 226 g/mol. The van der Waals surface area contributed by atoms with E-state index in [4.69, 9.17) is 17.3 Å². The minimum Gasteiger partial charge on any atom is -0.464 e. The number of carbonyl (C=O) groups is 1. The fraction of sp³-hybridized carbons (Fsp3) is 0.125. The Labute approximate surface area is 89.6 Å². The van der Waals surface area contributed by atoms with E-state index in [0.29, 0.717) is 5.65 Å². The molecule has 2 rings (SSSR count). The number of hydrogen-bond donors (Lipinski definition) is 1. The highest BCUT2D eigenvalue weighted by atomic mass is 35.5. The molecule has 0 amide bonds. The number of nitrogens with two attached hydrogens (primary N) is 1. The van der Waals surface area contributed by atoms with Crippen molar-refractivity contribution in [2.24, 2.45) is 0 Å². The Morgan fingerprint density at radius 2 is 2.40 bits per heavy atom. The zero-order chi connectivity index (χ0) is 11.0. The number of nitrogen functional groups attached to an aromatic ring is 1. The summed E-state index contributed by atoms with van der Waals surface area (Å²) in [5.74, 6) is -0.346. The Morgan fingerprint density at radius 1 is 1.67 bits per heavy atom. The van der Waals surface area contributed by atoms with E-state index in [9.17, 15) is 4.79 Å². The van der Waals surface area contributed by atoms with E-state index in [1.165, 1.54) is 23.9 Å². The van der Waals surface area contributed by atoms with E-state index in [1.54, 1.807) is 0 Å². The SMILES string of the molecule is COC(=O)c1cnc2c(N)nc(Cl)cn12. The molecule has 2 aromatic heterocycles. The first-order chi connectivity index (χ1) is 7.13. The van der Waals surface area contributed by atoms with Crippen LogP contribution in [0.15, 0.2) is 12.4 Å². The lowest BCUT2D eigenvalue weighted by atomic mass is 10.5. The summed E-state index contributed by atoms with van der Waals surface area (Å²) in [6, 6.07) is 0. The lowest BCUT2D eigenvalue weighted by Crippen LogP contribution is -2.06. The molecule has 0 fully saturated rings. The van der Waals surface area contributed by atoms with Crippen LogP contribution in [0.5, 0.6) is 0 Å². The van der Waals surface area contributed by atoms with Gasteiger partial charge in [-0.3, -0.25) is 4.40 Å². The number of ether oxygens (including phenoxy) is 1. The summed E-state index contributed by atoms with van der Waals surface area (Å²) >= 11 is 5.71. The lowest BCUT2D eigenvalue weighted by molar-refractivity contribution is 0.0593. The number of fused-ring (bicyclic) bond motifs is 1. The molecule has 0 radical (unpaired) electrons. The minimum absolute atomic E-state index is 0.164. The molecule has 7 heteroatoms. The summed E-state index contributed by atoms with van der Waals surface area (Å²) in [5, 5.41) is 0.183. The van der Waals surface area contributed by atoms with Gasteiger partial charge < -0.3 is 10.5 Å². The Hall–Kier alpha value is -1.82. The van der Waals surface area contributed by atoms with Crippen LogP contribution < -0.4 is 5.73 Å². The zero-order valence-corrected chi connectivity index (χ0v) is 8.52. The second-order valence-corrected chi connectivity index (χ2v) is 3.16. The number of methoxy groups -OCH3 is 1. The van der Waals surface area contributed by atoms with Crippen LogP contribution in [0.1, 0.15) is 10.5 Å². The molecule has 0 spiro atoms. The third-order valence-corrected chi connectivity index (χ3v) is 2.07. The summed E-state index contributed by atoms with van der Waals surface area (Å²) in [4.78, 5) is 19.1. The van der Waals surface area contributed by atoms with Gasteiger partial charge in [0.2, 0.25) is 0 Å². The van der Waals surface area contributed by atoms with Crippen molar-refractivity contribution in [2.45, 2.75) is 0 Å². The molecule has 0 aliphatic heterocycles. The molecule has 2 aromatic rings. The molecule has 15 heavy (non-hydrogen) atoms. The van der Waals surface area contributed by atoms with Crippen molar-refractivity contribution < 1.29 is 9.53 Å². The Kier molecular flexibility index (Phi) is 2.20. The molecule has 0 saturated carbocycles. The van der Waals surface area contributed by atoms with E-state index in [2.05, 4.69) is 14.7 Å². The molecule has 0 aromatic carbocycles. The molecule has 0 aliphatic carbocycles. The number of aromatic nitrogens is 3. The molecule has 78 valence electrons. The van der Waals surface area contributed by atoms with Gasteiger partial charge in [0.25, 0.3) is 0 Å². The van der Waals surface area contributed by atoms with Crippen molar-refractivity contribution in [1.82, 2.24) is 14.4 Å². The van der Waals surface area contributed by atoms with Gasteiger partial charge in [-0.15, -0.1) is 0 Å². The number of halogens is 1. The third kappa shape index (κ3) is 1.48. The number of rotatable bonds is 1. The van der Waals surface area contributed by atoms with Crippen LogP contribution in [0.4, 0.5) is 5.82 Å². The van der Waals surface area contributed by atoms with Gasteiger partial charge in [-0.05, 0) is 0 Å². The van der Waals surface area contributed by atoms with E-state index >= 15 is 0 Å². The van der Waals surface area contributed by atoms with Gasteiger partial charge in [-0.25, -0.2) is 14.8 Å². The molecular formula is C8H7ClN4O2. The van der Waals surface area contributed by atoms with Crippen LogP contribution in [0, 0.1) is 0 Å². The first-order valence-electron chi connectivity index (χ1n) is 4.01. The van der Waals surface area contributed by atoms with E-state index in [1.807, 2.05) is 0 Å². The van der Waals surface area contributed by atoms with Crippen LogP contribution in [-0.2, 0) is 4.74 Å². The number of nitrogens with zero attached hydrogens (tertiary/aromatic N) is 3. The highest BCUT2D eigenvalue weighted by Gasteiger charge is 2.14. The second-order valence-electron chi connectivity index (χ2n) is 2.78. The number of carbonyl (C=O) groups excluding carboxylic acids is 1. The van der Waals surface area contributed by atoms with Gasteiger partial charge in [0, 0.05) is 6.20 Å². The maximum Gasteiger partial charge on any atom is 0.356 e. The zero-order valence-electron chi connectivity index (χ0n) is 7.77. The summed E-state index contributed by atoms with van der Waals surface area (Å²) in [5.41, 5.74) is 6.21. The number of anilines is 1. The van der Waals surface area contributed by atoms with Crippen LogP contribution in [0.3, 0.4) is 0 Å². The molecule has 2 heterocycles. The van der Waals surface area contributed by atoms with Crippen LogP contribution in [0.2, 0.25) is 5.15 Å². The number of imidazole rings is 1. The second kappa shape index (κ2) is 3.39. The van der Waals surface area contributed by atoms with Gasteiger partial charge >= 0.3 is 5.97 Å². The van der Waals surface area contributed by atoms with Gasteiger partial charge in [0.1, 0.15) is 5.15 Å². The van der Waals surface area contributed by atoms with E-state index in [-0.39, 0.29) is 16.7 Å². The van der Waals surface area contributed by atoms with Gasteiger partial charge in [0.05, 0.1) is 13.3 Å². The molecule has 0 bridgehead atoms. The van der Waals surface area contributed by atoms with E-state index < -0.39 is 5.97 Å². The van der Waals surface area contributed by atoms with Crippen LogP contribution >= 0.6 is 11.6 Å². The summed E-state index contributed by atoms with van der Waals surface area (Å²) < 4.78 is 6.02. The fourth-order valence-electron chi connectivity index (χ4n) is 1.24. The van der Waals surface area contributed by atoms with Crippen LogP contribution in [0.25, 0.3) is 5.65 Å². The average molecular weight is 227 g/mol. The predicted octanol–water partition coefficient (Wildman–Crippen LogP) is 0.751. The van der Waals surface area contributed by atoms with Gasteiger partial charge in [-0.1, -0.05) is 11.6 Å². The minimum atomic E-state index is -0.510. The Balaban J connectivity index is 2.74. The predicted molar refractivity (Wildman–Crippen MR) is 53.7 cm³/mol. The number of hydrogen-bond acceptors (Lipinski definition) is 5. The van der Waals surface area contributed by atoms with E-state index in [0.717, 1.165) is 0 Å².